The Morgan fingerprint density at radius 1 is 1.37 bits per heavy atom. The van der Waals surface area contributed by atoms with Crippen molar-refractivity contribution < 1.29 is 4.74 Å². The molecule has 2 rings (SSSR count). The first kappa shape index (κ1) is 12.8. The third-order valence-electron chi connectivity index (χ3n) is 2.49. The van der Waals surface area contributed by atoms with Crippen LogP contribution in [0.2, 0.25) is 0 Å². The van der Waals surface area contributed by atoms with Gasteiger partial charge in [0.2, 0.25) is 0 Å². The second kappa shape index (κ2) is 6.36. The molecule has 0 radical (unpaired) electrons. The van der Waals surface area contributed by atoms with E-state index in [-0.39, 0.29) is 0 Å². The second-order valence-corrected chi connectivity index (χ2v) is 4.00. The Hall–Kier alpha value is -2.61. The highest BCUT2D eigenvalue weighted by Gasteiger charge is 2.02. The topological polar surface area (TPSA) is 70.8 Å². The summed E-state index contributed by atoms with van der Waals surface area (Å²) in [6.45, 7) is 3.07. The first-order valence-electron chi connectivity index (χ1n) is 5.95. The Labute approximate surface area is 111 Å². The fourth-order valence-electron chi connectivity index (χ4n) is 1.60. The quantitative estimate of drug-likeness (QED) is 0.828. The summed E-state index contributed by atoms with van der Waals surface area (Å²) in [6, 6.07) is 11.5. The predicted octanol–water partition coefficient (Wildman–Crippen LogP) is 2.15. The molecule has 0 fully saturated rings. The maximum Gasteiger partial charge on any atom is 0.166 e. The summed E-state index contributed by atoms with van der Waals surface area (Å²) >= 11 is 0. The van der Waals surface area contributed by atoms with Crippen LogP contribution in [0.4, 0.5) is 5.82 Å². The van der Waals surface area contributed by atoms with Gasteiger partial charge >= 0.3 is 0 Å². The second-order valence-electron chi connectivity index (χ2n) is 4.00. The van der Waals surface area contributed by atoms with Crippen LogP contribution in [0.15, 0.2) is 36.5 Å². The SMILES string of the molecule is Cc1cccc(OCCNc2nnccc2C#N)c1. The number of anilines is 1. The van der Waals surface area contributed by atoms with Gasteiger partial charge in [0.25, 0.3) is 0 Å². The van der Waals surface area contributed by atoms with E-state index in [4.69, 9.17) is 10.00 Å². The molecule has 96 valence electrons. The molecule has 0 amide bonds. The average Bonchev–Trinajstić information content (AvgIpc) is 2.44. The van der Waals surface area contributed by atoms with Crippen molar-refractivity contribution in [3.05, 3.63) is 47.7 Å². The molecular weight excluding hydrogens is 240 g/mol. The zero-order valence-electron chi connectivity index (χ0n) is 10.6. The summed E-state index contributed by atoms with van der Waals surface area (Å²) in [4.78, 5) is 0. The predicted molar refractivity (Wildman–Crippen MR) is 71.9 cm³/mol. The van der Waals surface area contributed by atoms with E-state index >= 15 is 0 Å². The van der Waals surface area contributed by atoms with Gasteiger partial charge in [-0.2, -0.15) is 10.4 Å². The van der Waals surface area contributed by atoms with Gasteiger partial charge in [0, 0.05) is 0 Å². The fourth-order valence-corrected chi connectivity index (χ4v) is 1.60. The van der Waals surface area contributed by atoms with Gasteiger partial charge < -0.3 is 10.1 Å². The molecule has 0 bridgehead atoms. The van der Waals surface area contributed by atoms with Crippen LogP contribution in [-0.4, -0.2) is 23.3 Å². The number of nitriles is 1. The van der Waals surface area contributed by atoms with E-state index in [1.807, 2.05) is 31.2 Å². The number of aromatic nitrogens is 2. The Morgan fingerprint density at radius 3 is 3.05 bits per heavy atom. The van der Waals surface area contributed by atoms with E-state index in [9.17, 15) is 0 Å². The van der Waals surface area contributed by atoms with Crippen LogP contribution in [0.25, 0.3) is 0 Å². The van der Waals surface area contributed by atoms with Crippen LogP contribution < -0.4 is 10.1 Å². The molecule has 0 spiro atoms. The molecule has 1 aromatic carbocycles. The van der Waals surface area contributed by atoms with E-state index in [2.05, 4.69) is 21.6 Å². The third-order valence-corrected chi connectivity index (χ3v) is 2.49. The first-order chi connectivity index (χ1) is 9.29. The van der Waals surface area contributed by atoms with Gasteiger partial charge in [-0.05, 0) is 30.7 Å². The van der Waals surface area contributed by atoms with Crippen molar-refractivity contribution >= 4 is 5.82 Å². The lowest BCUT2D eigenvalue weighted by Gasteiger charge is -2.08. The molecule has 0 saturated heterocycles. The highest BCUT2D eigenvalue weighted by atomic mass is 16.5. The van der Waals surface area contributed by atoms with Crippen LogP contribution in [-0.2, 0) is 0 Å². The number of aryl methyl sites for hydroxylation is 1. The molecule has 1 N–H and O–H groups in total. The van der Waals surface area contributed by atoms with Crippen LogP contribution >= 0.6 is 0 Å². The first-order valence-corrected chi connectivity index (χ1v) is 5.95. The molecule has 2 aromatic rings. The molecule has 19 heavy (non-hydrogen) atoms. The van der Waals surface area contributed by atoms with Gasteiger partial charge in [-0.25, -0.2) is 0 Å². The zero-order chi connectivity index (χ0) is 13.5. The monoisotopic (exact) mass is 254 g/mol. The van der Waals surface area contributed by atoms with E-state index in [1.54, 1.807) is 6.07 Å². The number of benzene rings is 1. The Balaban J connectivity index is 1.83. The number of rotatable bonds is 5. The number of ether oxygens (including phenoxy) is 1. The average molecular weight is 254 g/mol. The van der Waals surface area contributed by atoms with E-state index in [1.165, 1.54) is 6.20 Å². The van der Waals surface area contributed by atoms with Gasteiger partial charge in [-0.1, -0.05) is 12.1 Å². The Bertz CT molecular complexity index is 592. The molecule has 0 aliphatic carbocycles. The van der Waals surface area contributed by atoms with Crippen molar-refractivity contribution in [1.29, 1.82) is 5.26 Å². The molecule has 1 aromatic heterocycles. The van der Waals surface area contributed by atoms with E-state index in [0.29, 0.717) is 24.5 Å². The van der Waals surface area contributed by atoms with Crippen LogP contribution in [0.3, 0.4) is 0 Å². The van der Waals surface area contributed by atoms with Gasteiger partial charge in [0.1, 0.15) is 18.4 Å². The summed E-state index contributed by atoms with van der Waals surface area (Å²) in [5.74, 6) is 1.32. The van der Waals surface area contributed by atoms with Gasteiger partial charge in [-0.3, -0.25) is 0 Å². The lowest BCUT2D eigenvalue weighted by Crippen LogP contribution is -2.13. The standard InChI is InChI=1S/C14H14N4O/c1-11-3-2-4-13(9-11)19-8-7-16-14-12(10-15)5-6-17-18-14/h2-6,9H,7-8H2,1H3,(H,16,18). The minimum Gasteiger partial charge on any atom is -0.492 e. The highest BCUT2D eigenvalue weighted by molar-refractivity contribution is 5.50. The lowest BCUT2D eigenvalue weighted by molar-refractivity contribution is 0.332. The van der Waals surface area contributed by atoms with Crippen molar-refractivity contribution in [3.63, 3.8) is 0 Å². The van der Waals surface area contributed by atoms with Crippen LogP contribution in [0.5, 0.6) is 5.75 Å². The molecule has 0 unspecified atom stereocenters. The fraction of sp³-hybridized carbons (Fsp3) is 0.214. The number of hydrogen-bond donors (Lipinski definition) is 1. The molecule has 0 atom stereocenters. The minimum atomic E-state index is 0.477. The van der Waals surface area contributed by atoms with Gasteiger partial charge in [-0.15, -0.1) is 5.10 Å². The van der Waals surface area contributed by atoms with Gasteiger partial charge in [0.05, 0.1) is 18.3 Å². The smallest absolute Gasteiger partial charge is 0.166 e. The molecule has 1 heterocycles. The van der Waals surface area contributed by atoms with Crippen molar-refractivity contribution in [2.45, 2.75) is 6.92 Å². The zero-order valence-corrected chi connectivity index (χ0v) is 10.6. The summed E-state index contributed by atoms with van der Waals surface area (Å²) in [5.41, 5.74) is 1.64. The Morgan fingerprint density at radius 2 is 2.26 bits per heavy atom. The van der Waals surface area contributed by atoms with E-state index < -0.39 is 0 Å². The van der Waals surface area contributed by atoms with Crippen molar-refractivity contribution in [1.82, 2.24) is 10.2 Å². The van der Waals surface area contributed by atoms with Gasteiger partial charge in [0.15, 0.2) is 5.82 Å². The maximum absolute atomic E-state index is 8.89. The highest BCUT2D eigenvalue weighted by Crippen LogP contribution is 2.12. The van der Waals surface area contributed by atoms with Crippen LogP contribution in [0.1, 0.15) is 11.1 Å². The lowest BCUT2D eigenvalue weighted by atomic mass is 10.2. The maximum atomic E-state index is 8.89. The minimum absolute atomic E-state index is 0.477. The van der Waals surface area contributed by atoms with Crippen molar-refractivity contribution in [3.8, 4) is 11.8 Å². The largest absolute Gasteiger partial charge is 0.492 e. The third kappa shape index (κ3) is 3.68. The number of hydrogen-bond acceptors (Lipinski definition) is 5. The van der Waals surface area contributed by atoms with Crippen molar-refractivity contribution in [2.75, 3.05) is 18.5 Å². The normalized spacial score (nSPS) is 9.68. The van der Waals surface area contributed by atoms with Crippen LogP contribution in [0, 0.1) is 18.3 Å². The summed E-state index contributed by atoms with van der Waals surface area (Å²) in [6.07, 6.45) is 1.49. The summed E-state index contributed by atoms with van der Waals surface area (Å²) in [7, 11) is 0. The number of nitrogens with zero attached hydrogens (tertiary/aromatic N) is 3. The molecular formula is C14H14N4O. The Kier molecular flexibility index (Phi) is 4.29. The number of nitrogens with one attached hydrogen (secondary N) is 1. The summed E-state index contributed by atoms with van der Waals surface area (Å²) in [5, 5.41) is 19.5. The molecule has 0 saturated carbocycles. The van der Waals surface area contributed by atoms with Crippen molar-refractivity contribution in [2.24, 2.45) is 0 Å². The van der Waals surface area contributed by atoms with E-state index in [0.717, 1.165) is 11.3 Å². The molecule has 5 heteroatoms. The molecule has 0 aliphatic heterocycles. The molecule has 0 aliphatic rings. The summed E-state index contributed by atoms with van der Waals surface area (Å²) < 4.78 is 5.59. The molecule has 5 nitrogen and oxygen atoms in total.